The van der Waals surface area contributed by atoms with Crippen molar-refractivity contribution in [1.29, 1.82) is 0 Å². The van der Waals surface area contributed by atoms with Crippen LogP contribution >= 0.6 is 7.75 Å². The van der Waals surface area contributed by atoms with E-state index >= 15 is 4.39 Å². The number of hydrogen-bond acceptors (Lipinski definition) is 10. The summed E-state index contributed by atoms with van der Waals surface area (Å²) in [5, 5.41) is 12.8. The number of carbonyl (C=O) groups is 1. The topological polar surface area (TPSA) is 204 Å². The first-order chi connectivity index (χ1) is 16.3. The Labute approximate surface area is 199 Å². The maximum absolute atomic E-state index is 15.5. The lowest BCUT2D eigenvalue weighted by Crippen LogP contribution is -2.41. The van der Waals surface area contributed by atoms with Gasteiger partial charge >= 0.3 is 13.7 Å². The van der Waals surface area contributed by atoms with Crippen molar-refractivity contribution in [2.75, 3.05) is 18.9 Å². The minimum absolute atomic E-state index is 0.00946. The van der Waals surface area contributed by atoms with Gasteiger partial charge in [-0.2, -0.15) is 4.98 Å². The van der Waals surface area contributed by atoms with Crippen LogP contribution in [0.15, 0.2) is 11.1 Å². The van der Waals surface area contributed by atoms with Crippen molar-refractivity contribution >= 4 is 30.8 Å². The molecule has 196 valence electrons. The number of aliphatic hydroxyl groups is 1. The summed E-state index contributed by atoms with van der Waals surface area (Å²) in [4.78, 5) is 44.5. The molecule has 1 saturated heterocycles. The predicted molar refractivity (Wildman–Crippen MR) is 121 cm³/mol. The average Bonchev–Trinajstić information content (AvgIpc) is 3.25. The Morgan fingerprint density at radius 3 is 2.83 bits per heavy atom. The Hall–Kier alpha value is -2.42. The molecule has 6 atom stereocenters. The number of aromatic amines is 1. The van der Waals surface area contributed by atoms with Gasteiger partial charge in [0.2, 0.25) is 5.95 Å². The number of alkyl halides is 1. The first kappa shape index (κ1) is 27.2. The van der Waals surface area contributed by atoms with Gasteiger partial charge in [0.25, 0.3) is 5.56 Å². The molecule has 1 fully saturated rings. The molecule has 0 spiro atoms. The van der Waals surface area contributed by atoms with E-state index in [1.807, 2.05) is 13.8 Å². The molecule has 3 rings (SSSR count). The van der Waals surface area contributed by atoms with Crippen LogP contribution in [0.1, 0.15) is 40.3 Å². The van der Waals surface area contributed by atoms with Crippen LogP contribution in [0, 0.1) is 5.92 Å². The monoisotopic (exact) mass is 520 g/mol. The van der Waals surface area contributed by atoms with Crippen molar-refractivity contribution in [1.82, 2.24) is 24.6 Å². The Morgan fingerprint density at radius 1 is 1.51 bits per heavy atom. The van der Waals surface area contributed by atoms with Crippen LogP contribution in [0.4, 0.5) is 10.3 Å². The molecule has 2 unspecified atom stereocenters. The summed E-state index contributed by atoms with van der Waals surface area (Å²) in [5.74, 6) is -0.959. The number of imidazole rings is 1. The number of H-pyrrole nitrogens is 1. The molecule has 35 heavy (non-hydrogen) atoms. The van der Waals surface area contributed by atoms with Crippen LogP contribution in [-0.4, -0.2) is 72.6 Å². The van der Waals surface area contributed by atoms with Gasteiger partial charge in [-0.15, -0.1) is 0 Å². The zero-order valence-electron chi connectivity index (χ0n) is 19.7. The van der Waals surface area contributed by atoms with Gasteiger partial charge in [-0.1, -0.05) is 13.8 Å². The average molecular weight is 520 g/mol. The molecule has 1 aliphatic heterocycles. The van der Waals surface area contributed by atoms with Gasteiger partial charge in [0.05, 0.1) is 19.5 Å². The summed E-state index contributed by atoms with van der Waals surface area (Å²) in [6, 6.07) is -1.12. The molecule has 0 bridgehead atoms. The highest BCUT2D eigenvalue weighted by molar-refractivity contribution is 7.50. The minimum atomic E-state index is -4.59. The third kappa shape index (κ3) is 5.88. The number of nitrogens with zero attached hydrogens (tertiary/aromatic N) is 3. The molecule has 0 saturated carbocycles. The summed E-state index contributed by atoms with van der Waals surface area (Å²) >= 11 is 0. The lowest BCUT2D eigenvalue weighted by atomic mass is 9.98. The van der Waals surface area contributed by atoms with Gasteiger partial charge < -0.3 is 25.2 Å². The number of hydrogen-bond donors (Lipinski definition) is 5. The quantitative estimate of drug-likeness (QED) is 0.213. The van der Waals surface area contributed by atoms with E-state index < -0.39 is 56.0 Å². The Balaban J connectivity index is 1.75. The van der Waals surface area contributed by atoms with Crippen molar-refractivity contribution in [3.63, 3.8) is 0 Å². The van der Waals surface area contributed by atoms with Crippen molar-refractivity contribution in [3.8, 4) is 0 Å². The molecular formula is C19H30FN6O8P. The molecule has 16 heteroatoms. The molecule has 6 N–H and O–H groups in total. The third-order valence-electron chi connectivity index (χ3n) is 5.43. The van der Waals surface area contributed by atoms with E-state index in [1.54, 1.807) is 6.92 Å². The molecule has 3 heterocycles. The first-order valence-corrected chi connectivity index (χ1v) is 12.5. The van der Waals surface area contributed by atoms with Crippen molar-refractivity contribution < 1.29 is 37.7 Å². The minimum Gasteiger partial charge on any atom is -0.465 e. The van der Waals surface area contributed by atoms with Gasteiger partial charge in [0.1, 0.15) is 18.2 Å². The van der Waals surface area contributed by atoms with Crippen LogP contribution in [0.25, 0.3) is 11.2 Å². The van der Waals surface area contributed by atoms with Crippen LogP contribution in [0.5, 0.6) is 0 Å². The van der Waals surface area contributed by atoms with E-state index in [-0.39, 0.29) is 36.1 Å². The Kier molecular flexibility index (Phi) is 7.99. The summed E-state index contributed by atoms with van der Waals surface area (Å²) in [6.07, 6.45) is -3.38. The van der Waals surface area contributed by atoms with Gasteiger partial charge in [0.15, 0.2) is 23.1 Å². The standard InChI is InChI=1S/C19H30FN6O8P/c1-5-32-16(29)10(6-9(2)3)25-35(30,31)33-7-11-13(27)19(4,20)17(34-11)26-8-22-12-14(26)23-18(21)24-15(12)28/h8-11,13,17,27H,5-7H2,1-4H3,(H2,25,30,31)(H3,21,23,24,28)/t10-,11+,13-,17?,19-/m0/s1. The lowest BCUT2D eigenvalue weighted by molar-refractivity contribution is -0.145. The number of aliphatic hydroxyl groups excluding tert-OH is 1. The number of carbonyl (C=O) groups excluding carboxylic acids is 1. The lowest BCUT2D eigenvalue weighted by Gasteiger charge is -2.24. The Morgan fingerprint density at radius 2 is 2.20 bits per heavy atom. The van der Waals surface area contributed by atoms with E-state index in [1.165, 1.54) is 0 Å². The van der Waals surface area contributed by atoms with Gasteiger partial charge in [0, 0.05) is 0 Å². The van der Waals surface area contributed by atoms with Gasteiger partial charge in [-0.3, -0.25) is 23.7 Å². The number of anilines is 1. The highest BCUT2D eigenvalue weighted by Gasteiger charge is 2.56. The fourth-order valence-corrected chi connectivity index (χ4v) is 4.82. The fourth-order valence-electron chi connectivity index (χ4n) is 3.79. The smallest absolute Gasteiger partial charge is 0.403 e. The number of ether oxygens (including phenoxy) is 2. The van der Waals surface area contributed by atoms with Crippen molar-refractivity contribution in [2.24, 2.45) is 5.92 Å². The normalized spacial score (nSPS) is 27.3. The largest absolute Gasteiger partial charge is 0.465 e. The molecule has 0 aromatic carbocycles. The van der Waals surface area contributed by atoms with Crippen LogP contribution in [0.2, 0.25) is 0 Å². The van der Waals surface area contributed by atoms with Crippen molar-refractivity contribution in [2.45, 2.75) is 64.3 Å². The molecule has 14 nitrogen and oxygen atoms in total. The van der Waals surface area contributed by atoms with Gasteiger partial charge in [-0.25, -0.2) is 19.0 Å². The Bertz CT molecular complexity index is 1170. The summed E-state index contributed by atoms with van der Waals surface area (Å²) in [5.41, 5.74) is 2.30. The first-order valence-electron chi connectivity index (χ1n) is 10.9. The number of rotatable bonds is 10. The maximum Gasteiger partial charge on any atom is 0.403 e. The second-order valence-electron chi connectivity index (χ2n) is 8.78. The predicted octanol–water partition coefficient (Wildman–Crippen LogP) is 0.373. The van der Waals surface area contributed by atoms with E-state index in [9.17, 15) is 24.2 Å². The van der Waals surface area contributed by atoms with E-state index in [4.69, 9.17) is 19.7 Å². The second kappa shape index (κ2) is 10.3. The molecule has 1 aliphatic rings. The SMILES string of the molecule is CCOC(=O)[C@H](CC(C)C)NP(=O)(O)OC[C@H]1OC(n2cnc3c(=O)[nH]c(N)nc32)[C@@](C)(F)[C@H]1O. The van der Waals surface area contributed by atoms with Crippen molar-refractivity contribution in [3.05, 3.63) is 16.7 Å². The number of fused-ring (bicyclic) bond motifs is 1. The highest BCUT2D eigenvalue weighted by atomic mass is 31.2. The zero-order valence-corrected chi connectivity index (χ0v) is 20.6. The van der Waals surface area contributed by atoms with E-state index in [0.717, 1.165) is 17.8 Å². The summed E-state index contributed by atoms with van der Waals surface area (Å²) in [7, 11) is -4.59. The fraction of sp³-hybridized carbons (Fsp3) is 0.684. The van der Waals surface area contributed by atoms with Crippen LogP contribution in [-0.2, 0) is 23.4 Å². The third-order valence-corrected chi connectivity index (χ3v) is 6.57. The summed E-state index contributed by atoms with van der Waals surface area (Å²) < 4.78 is 44.8. The summed E-state index contributed by atoms with van der Waals surface area (Å²) in [6.45, 7) is 5.68. The molecule has 0 amide bonds. The highest BCUT2D eigenvalue weighted by Crippen LogP contribution is 2.45. The van der Waals surface area contributed by atoms with Gasteiger partial charge in [-0.05, 0) is 26.2 Å². The number of nitrogens with two attached hydrogens (primary N) is 1. The number of nitrogens with one attached hydrogen (secondary N) is 2. The van der Waals surface area contributed by atoms with Crippen LogP contribution < -0.4 is 16.4 Å². The molecule has 2 aromatic heterocycles. The van der Waals surface area contributed by atoms with E-state index in [2.05, 4.69) is 20.0 Å². The van der Waals surface area contributed by atoms with E-state index in [0.29, 0.717) is 0 Å². The second-order valence-corrected chi connectivity index (χ2v) is 10.3. The molecule has 2 aromatic rings. The molecule has 0 radical (unpaired) electrons. The number of halogens is 1. The number of nitrogen functional groups attached to an aromatic ring is 1. The molecular weight excluding hydrogens is 490 g/mol. The van der Waals surface area contributed by atoms with Crippen LogP contribution in [0.3, 0.4) is 0 Å². The number of esters is 1. The maximum atomic E-state index is 15.5. The number of aromatic nitrogens is 4. The molecule has 0 aliphatic carbocycles. The zero-order chi connectivity index (χ0) is 26.1.